The van der Waals surface area contributed by atoms with Crippen molar-refractivity contribution in [3.05, 3.63) is 0 Å². The van der Waals surface area contributed by atoms with Gasteiger partial charge in [0, 0.05) is 44.2 Å². The van der Waals surface area contributed by atoms with E-state index < -0.39 is 6.29 Å². The predicted molar refractivity (Wildman–Crippen MR) is 39.5 cm³/mol. The first-order valence-corrected chi connectivity index (χ1v) is 3.94. The van der Waals surface area contributed by atoms with Crippen LogP contribution in [0.4, 0.5) is 0 Å². The summed E-state index contributed by atoms with van der Waals surface area (Å²) in [7, 11) is 0. The second-order valence-electron chi connectivity index (χ2n) is 3.37. The summed E-state index contributed by atoms with van der Waals surface area (Å²) in [5, 5.41) is 9.15. The number of aliphatic hydroxyl groups excluding tert-OH is 1. The third-order valence-electron chi connectivity index (χ3n) is 2.58. The Balaban J connectivity index is 0.000001000. The van der Waals surface area contributed by atoms with Crippen LogP contribution in [0, 0.1) is 49.6 Å². The van der Waals surface area contributed by atoms with Crippen molar-refractivity contribution in [1.82, 2.24) is 0 Å². The van der Waals surface area contributed by atoms with Gasteiger partial charge in [-0.25, -0.2) is 0 Å². The zero-order valence-electron chi connectivity index (χ0n) is 7.23. The molecule has 1 fully saturated rings. The molecule has 11 heavy (non-hydrogen) atoms. The first-order valence-electron chi connectivity index (χ1n) is 3.94. The summed E-state index contributed by atoms with van der Waals surface area (Å²) in [6.07, 6.45) is 0.464. The van der Waals surface area contributed by atoms with Gasteiger partial charge in [-0.3, -0.25) is 0 Å². The van der Waals surface area contributed by atoms with Crippen molar-refractivity contribution >= 4 is 0 Å². The van der Waals surface area contributed by atoms with Crippen molar-refractivity contribution in [3.8, 4) is 0 Å². The fourth-order valence-electron chi connectivity index (χ4n) is 1.42. The number of hydrogen-bond donors (Lipinski definition) is 1. The Kier molecular flexibility index (Phi) is 5.57. The van der Waals surface area contributed by atoms with Crippen molar-refractivity contribution in [2.75, 3.05) is 0 Å². The monoisotopic (exact) mass is 184 g/mol. The SMILES string of the molecule is CC1O[C@H](O)C[C@@H](C)[C@H]1C.[Ar]. The molecule has 1 saturated heterocycles. The molecule has 0 bridgehead atoms. The second-order valence-corrected chi connectivity index (χ2v) is 3.37. The van der Waals surface area contributed by atoms with Gasteiger partial charge < -0.3 is 9.84 Å². The summed E-state index contributed by atoms with van der Waals surface area (Å²) in [5.74, 6) is 1.15. The van der Waals surface area contributed by atoms with Crippen molar-refractivity contribution < 1.29 is 47.6 Å². The Labute approximate surface area is 98.3 Å². The Hall–Kier alpha value is 1.18. The molecule has 1 aliphatic rings. The molecule has 0 aromatic heterocycles. The van der Waals surface area contributed by atoms with Gasteiger partial charge in [0.05, 0.1) is 6.10 Å². The average molecular weight is 184 g/mol. The molecule has 2 nitrogen and oxygen atoms in total. The fourth-order valence-corrected chi connectivity index (χ4v) is 1.42. The van der Waals surface area contributed by atoms with Crippen LogP contribution < -0.4 is 0 Å². The van der Waals surface area contributed by atoms with E-state index in [4.69, 9.17) is 9.84 Å². The summed E-state index contributed by atoms with van der Waals surface area (Å²) >= 11 is 0. The number of rotatable bonds is 0. The Morgan fingerprint density at radius 3 is 2.27 bits per heavy atom. The number of ether oxygens (including phenoxy) is 1. The summed E-state index contributed by atoms with van der Waals surface area (Å²) < 4.78 is 5.22. The molecule has 0 aromatic rings. The maximum Gasteiger partial charge on any atom is 0.155 e. The molecule has 1 aliphatic heterocycles. The summed E-state index contributed by atoms with van der Waals surface area (Å²) in [5.41, 5.74) is 0. The summed E-state index contributed by atoms with van der Waals surface area (Å²) in [6.45, 7) is 6.34. The van der Waals surface area contributed by atoms with Gasteiger partial charge >= 0.3 is 0 Å². The van der Waals surface area contributed by atoms with E-state index in [1.54, 1.807) is 0 Å². The standard InChI is InChI=1S/C8H16O2.Ar/c1-5-4-8(9)10-7(3)6(5)2;/h5-9H,4H2,1-3H3;/t5-,6-,7?,8+;/m1./s1. The number of aliphatic hydroxyl groups is 1. The summed E-state index contributed by atoms with van der Waals surface area (Å²) in [6, 6.07) is 0. The second kappa shape index (κ2) is 5.03. The molecule has 1 heterocycles. The largest absolute Gasteiger partial charge is 0.368 e. The van der Waals surface area contributed by atoms with Crippen LogP contribution in [0.1, 0.15) is 27.2 Å². The maximum atomic E-state index is 9.15. The zero-order valence-corrected chi connectivity index (χ0v) is 7.93. The minimum absolute atomic E-state index is 0. The van der Waals surface area contributed by atoms with Crippen LogP contribution in [-0.2, 0) is 4.74 Å². The molecule has 1 rings (SSSR count). The molecule has 1 unspecified atom stereocenters. The predicted octanol–water partition coefficient (Wildman–Crippen LogP) is 1.39. The molecule has 0 amide bonds. The molecule has 0 spiro atoms. The average Bonchev–Trinajstić information content (AvgIpc) is 1.82. The molecule has 68 valence electrons. The molecule has 0 aliphatic carbocycles. The van der Waals surface area contributed by atoms with E-state index in [0.717, 1.165) is 6.42 Å². The van der Waals surface area contributed by atoms with E-state index >= 15 is 0 Å². The minimum Gasteiger partial charge on any atom is -0.368 e. The van der Waals surface area contributed by atoms with Crippen LogP contribution in [-0.4, -0.2) is 17.5 Å². The van der Waals surface area contributed by atoms with Gasteiger partial charge in [-0.1, -0.05) is 13.8 Å². The van der Waals surface area contributed by atoms with Gasteiger partial charge in [-0.15, -0.1) is 0 Å². The molecule has 0 aromatic carbocycles. The molecule has 0 saturated carbocycles. The quantitative estimate of drug-likeness (QED) is 0.616. The maximum absolute atomic E-state index is 9.15. The Morgan fingerprint density at radius 1 is 1.27 bits per heavy atom. The normalized spacial score (nSPS) is 44.7. The molecular weight excluding hydrogens is 168 g/mol. The third-order valence-corrected chi connectivity index (χ3v) is 2.58. The van der Waals surface area contributed by atoms with E-state index in [2.05, 4.69) is 13.8 Å². The van der Waals surface area contributed by atoms with Crippen LogP contribution in [0.2, 0.25) is 0 Å². The van der Waals surface area contributed by atoms with E-state index in [1.165, 1.54) is 0 Å². The van der Waals surface area contributed by atoms with Crippen molar-refractivity contribution in [2.24, 2.45) is 11.8 Å². The van der Waals surface area contributed by atoms with Gasteiger partial charge in [0.1, 0.15) is 0 Å². The third kappa shape index (κ3) is 3.19. The van der Waals surface area contributed by atoms with Crippen LogP contribution in [0.5, 0.6) is 0 Å². The summed E-state index contributed by atoms with van der Waals surface area (Å²) in [4.78, 5) is 0. The first-order chi connectivity index (χ1) is 4.61. The van der Waals surface area contributed by atoms with Crippen molar-refractivity contribution in [3.63, 3.8) is 0 Å². The molecule has 4 atom stereocenters. The van der Waals surface area contributed by atoms with E-state index in [1.807, 2.05) is 6.92 Å². The van der Waals surface area contributed by atoms with Crippen LogP contribution >= 0.6 is 0 Å². The van der Waals surface area contributed by atoms with Gasteiger partial charge in [0.15, 0.2) is 6.29 Å². The Bertz CT molecular complexity index is 107. The van der Waals surface area contributed by atoms with Crippen LogP contribution in [0.3, 0.4) is 0 Å². The fraction of sp³-hybridized carbons (Fsp3) is 1.00. The molecule has 3 heteroatoms. The van der Waals surface area contributed by atoms with E-state index in [0.29, 0.717) is 11.8 Å². The van der Waals surface area contributed by atoms with Gasteiger partial charge in [0.2, 0.25) is 0 Å². The van der Waals surface area contributed by atoms with Crippen molar-refractivity contribution in [1.29, 1.82) is 0 Å². The minimum atomic E-state index is -0.527. The van der Waals surface area contributed by atoms with Gasteiger partial charge in [-0.2, -0.15) is 0 Å². The van der Waals surface area contributed by atoms with Crippen LogP contribution in [0.15, 0.2) is 0 Å². The van der Waals surface area contributed by atoms with Crippen LogP contribution in [0.25, 0.3) is 0 Å². The Morgan fingerprint density at radius 2 is 1.82 bits per heavy atom. The van der Waals surface area contributed by atoms with E-state index in [9.17, 15) is 0 Å². The molecule has 0 radical (unpaired) electrons. The smallest absolute Gasteiger partial charge is 0.155 e. The zero-order chi connectivity index (χ0) is 7.72. The van der Waals surface area contributed by atoms with E-state index in [-0.39, 0.29) is 43.8 Å². The molecule has 1 N–H and O–H groups in total. The van der Waals surface area contributed by atoms with Gasteiger partial charge in [-0.05, 0) is 18.8 Å². The van der Waals surface area contributed by atoms with Crippen molar-refractivity contribution in [2.45, 2.75) is 39.6 Å². The first kappa shape index (κ1) is 12.2. The topological polar surface area (TPSA) is 29.5 Å². The number of hydrogen-bond acceptors (Lipinski definition) is 2. The van der Waals surface area contributed by atoms with Gasteiger partial charge in [0.25, 0.3) is 0 Å². The molecular formula is C8H16ArO2.